The fraction of sp³-hybridized carbons (Fsp3) is 0.474. The number of methoxy groups -OCH3 is 1. The van der Waals surface area contributed by atoms with Crippen LogP contribution in [0.2, 0.25) is 0 Å². The Morgan fingerprint density at radius 3 is 2.44 bits per heavy atom. The molecule has 6 heteroatoms. The average Bonchev–Trinajstić information content (AvgIpc) is 2.62. The van der Waals surface area contributed by atoms with Gasteiger partial charge in [0.1, 0.15) is 5.75 Å². The largest absolute Gasteiger partial charge is 0.497 e. The first kappa shape index (κ1) is 18.8. The molecule has 0 aliphatic carbocycles. The summed E-state index contributed by atoms with van der Waals surface area (Å²) >= 11 is 0. The van der Waals surface area contributed by atoms with Crippen molar-refractivity contribution in [2.75, 3.05) is 26.8 Å². The van der Waals surface area contributed by atoms with E-state index in [1.165, 1.54) is 0 Å². The smallest absolute Gasteiger partial charge is 0.409 e. The molecule has 0 aromatic heterocycles. The van der Waals surface area contributed by atoms with Crippen LogP contribution in [-0.2, 0) is 9.53 Å². The van der Waals surface area contributed by atoms with Crippen LogP contribution in [0.5, 0.6) is 5.75 Å². The van der Waals surface area contributed by atoms with Gasteiger partial charge in [-0.05, 0) is 50.0 Å². The summed E-state index contributed by atoms with van der Waals surface area (Å²) in [5.74, 6) is 0.678. The first-order valence-electron chi connectivity index (χ1n) is 8.58. The maximum Gasteiger partial charge on any atom is 0.409 e. The van der Waals surface area contributed by atoms with Crippen LogP contribution in [0.4, 0.5) is 4.79 Å². The molecular formula is C19H26N2O4. The van der Waals surface area contributed by atoms with E-state index in [1.54, 1.807) is 25.0 Å². The number of amides is 2. The van der Waals surface area contributed by atoms with Gasteiger partial charge in [-0.2, -0.15) is 0 Å². The highest BCUT2D eigenvalue weighted by Crippen LogP contribution is 2.18. The van der Waals surface area contributed by atoms with Crippen LogP contribution in [0.25, 0.3) is 5.57 Å². The van der Waals surface area contributed by atoms with Gasteiger partial charge in [-0.1, -0.05) is 12.1 Å². The number of hydrogen-bond acceptors (Lipinski definition) is 4. The molecule has 2 amide bonds. The molecule has 1 fully saturated rings. The zero-order valence-corrected chi connectivity index (χ0v) is 15.1. The van der Waals surface area contributed by atoms with Crippen LogP contribution >= 0.6 is 0 Å². The van der Waals surface area contributed by atoms with E-state index in [0.717, 1.165) is 29.7 Å². The Kier molecular flexibility index (Phi) is 6.86. The highest BCUT2D eigenvalue weighted by Gasteiger charge is 2.24. The van der Waals surface area contributed by atoms with Crippen molar-refractivity contribution in [2.45, 2.75) is 32.7 Å². The lowest BCUT2D eigenvalue weighted by Gasteiger charge is -2.31. The van der Waals surface area contributed by atoms with Crippen molar-refractivity contribution in [3.63, 3.8) is 0 Å². The van der Waals surface area contributed by atoms with Gasteiger partial charge in [-0.25, -0.2) is 4.79 Å². The number of nitrogens with one attached hydrogen (secondary N) is 1. The second-order valence-electron chi connectivity index (χ2n) is 6.02. The SMILES string of the molecule is CCOC(=O)N1CCC(NC(=O)/C=C(\C)c2ccc(OC)cc2)CC1. The van der Waals surface area contributed by atoms with Gasteiger partial charge in [-0.3, -0.25) is 4.79 Å². The fourth-order valence-electron chi connectivity index (χ4n) is 2.80. The molecule has 1 aliphatic rings. The molecular weight excluding hydrogens is 320 g/mol. The summed E-state index contributed by atoms with van der Waals surface area (Å²) in [5, 5.41) is 3.01. The molecule has 2 rings (SSSR count). The molecule has 0 spiro atoms. The molecule has 1 aromatic rings. The molecule has 136 valence electrons. The number of allylic oxidation sites excluding steroid dienone is 1. The number of likely N-dealkylation sites (tertiary alicyclic amines) is 1. The quantitative estimate of drug-likeness (QED) is 0.833. The molecule has 0 radical (unpaired) electrons. The summed E-state index contributed by atoms with van der Waals surface area (Å²) in [6, 6.07) is 7.68. The van der Waals surface area contributed by atoms with Crippen LogP contribution in [0.3, 0.4) is 0 Å². The van der Waals surface area contributed by atoms with Gasteiger partial charge in [0, 0.05) is 25.2 Å². The van der Waals surface area contributed by atoms with Gasteiger partial charge < -0.3 is 19.7 Å². The number of carbonyl (C=O) groups excluding carboxylic acids is 2. The van der Waals surface area contributed by atoms with E-state index in [1.807, 2.05) is 31.2 Å². The van der Waals surface area contributed by atoms with E-state index in [2.05, 4.69) is 5.32 Å². The molecule has 0 atom stereocenters. The number of piperidine rings is 1. The second kappa shape index (κ2) is 9.11. The van der Waals surface area contributed by atoms with Crippen molar-refractivity contribution in [3.8, 4) is 5.75 Å². The zero-order valence-electron chi connectivity index (χ0n) is 15.1. The highest BCUT2D eigenvalue weighted by molar-refractivity contribution is 5.95. The third-order valence-electron chi connectivity index (χ3n) is 4.26. The van der Waals surface area contributed by atoms with E-state index in [-0.39, 0.29) is 18.0 Å². The van der Waals surface area contributed by atoms with Crippen molar-refractivity contribution < 1.29 is 19.1 Å². The molecule has 1 aliphatic heterocycles. The lowest BCUT2D eigenvalue weighted by molar-refractivity contribution is -0.117. The Morgan fingerprint density at radius 2 is 1.88 bits per heavy atom. The summed E-state index contributed by atoms with van der Waals surface area (Å²) in [6.45, 7) is 5.29. The first-order chi connectivity index (χ1) is 12.0. The maximum atomic E-state index is 12.2. The monoisotopic (exact) mass is 346 g/mol. The summed E-state index contributed by atoms with van der Waals surface area (Å²) in [6.07, 6.45) is 2.81. The number of hydrogen-bond donors (Lipinski definition) is 1. The normalized spacial score (nSPS) is 15.6. The van der Waals surface area contributed by atoms with E-state index in [4.69, 9.17) is 9.47 Å². The van der Waals surface area contributed by atoms with Gasteiger partial charge in [0.15, 0.2) is 0 Å². The van der Waals surface area contributed by atoms with Crippen molar-refractivity contribution in [2.24, 2.45) is 0 Å². The Hall–Kier alpha value is -2.50. The zero-order chi connectivity index (χ0) is 18.2. The number of ether oxygens (including phenoxy) is 2. The van der Waals surface area contributed by atoms with E-state index in [9.17, 15) is 9.59 Å². The van der Waals surface area contributed by atoms with Gasteiger partial charge in [-0.15, -0.1) is 0 Å². The molecule has 1 saturated heterocycles. The molecule has 1 aromatic carbocycles. The van der Waals surface area contributed by atoms with Gasteiger partial charge in [0.25, 0.3) is 0 Å². The van der Waals surface area contributed by atoms with Crippen LogP contribution in [0.1, 0.15) is 32.3 Å². The number of benzene rings is 1. The topological polar surface area (TPSA) is 67.9 Å². The lowest BCUT2D eigenvalue weighted by atomic mass is 10.0. The standard InChI is InChI=1S/C19H26N2O4/c1-4-25-19(23)21-11-9-16(10-12-21)20-18(22)13-14(2)15-5-7-17(24-3)8-6-15/h5-8,13,16H,4,9-12H2,1-3H3,(H,20,22)/b14-13+. The van der Waals surface area contributed by atoms with Crippen LogP contribution in [-0.4, -0.2) is 49.7 Å². The van der Waals surface area contributed by atoms with Crippen molar-refractivity contribution >= 4 is 17.6 Å². The highest BCUT2D eigenvalue weighted by atomic mass is 16.6. The minimum absolute atomic E-state index is 0.0816. The van der Waals surface area contributed by atoms with Gasteiger partial charge in [0.05, 0.1) is 13.7 Å². The molecule has 0 saturated carbocycles. The Bertz CT molecular complexity index is 617. The minimum atomic E-state index is -0.275. The Balaban J connectivity index is 1.84. The second-order valence-corrected chi connectivity index (χ2v) is 6.02. The third kappa shape index (κ3) is 5.52. The number of carbonyl (C=O) groups is 2. The van der Waals surface area contributed by atoms with E-state index >= 15 is 0 Å². The molecule has 0 bridgehead atoms. The van der Waals surface area contributed by atoms with Crippen LogP contribution in [0, 0.1) is 0 Å². The predicted octanol–water partition coefficient (Wildman–Crippen LogP) is 2.84. The summed E-state index contributed by atoms with van der Waals surface area (Å²) < 4.78 is 10.1. The summed E-state index contributed by atoms with van der Waals surface area (Å²) in [4.78, 5) is 25.6. The molecule has 1 N–H and O–H groups in total. The average molecular weight is 346 g/mol. The van der Waals surface area contributed by atoms with E-state index < -0.39 is 0 Å². The maximum absolute atomic E-state index is 12.2. The summed E-state index contributed by atoms with van der Waals surface area (Å²) in [7, 11) is 1.62. The van der Waals surface area contributed by atoms with Gasteiger partial charge in [0.2, 0.25) is 5.91 Å². The first-order valence-corrected chi connectivity index (χ1v) is 8.58. The molecule has 25 heavy (non-hydrogen) atoms. The minimum Gasteiger partial charge on any atom is -0.497 e. The molecule has 1 heterocycles. The number of nitrogens with zero attached hydrogens (tertiary/aromatic N) is 1. The fourth-order valence-corrected chi connectivity index (χ4v) is 2.80. The Morgan fingerprint density at radius 1 is 1.24 bits per heavy atom. The van der Waals surface area contributed by atoms with Gasteiger partial charge >= 0.3 is 6.09 Å². The Labute approximate surface area is 148 Å². The predicted molar refractivity (Wildman–Crippen MR) is 96.4 cm³/mol. The van der Waals surface area contributed by atoms with Crippen molar-refractivity contribution in [1.29, 1.82) is 0 Å². The van der Waals surface area contributed by atoms with Crippen molar-refractivity contribution in [1.82, 2.24) is 10.2 Å². The molecule has 6 nitrogen and oxygen atoms in total. The van der Waals surface area contributed by atoms with Crippen LogP contribution in [0.15, 0.2) is 30.3 Å². The lowest BCUT2D eigenvalue weighted by Crippen LogP contribution is -2.46. The number of rotatable bonds is 5. The third-order valence-corrected chi connectivity index (χ3v) is 4.26. The van der Waals surface area contributed by atoms with Crippen molar-refractivity contribution in [3.05, 3.63) is 35.9 Å². The van der Waals surface area contributed by atoms with E-state index in [0.29, 0.717) is 19.7 Å². The summed E-state index contributed by atoms with van der Waals surface area (Å²) in [5.41, 5.74) is 1.87. The molecule has 0 unspecified atom stereocenters. The van der Waals surface area contributed by atoms with Crippen LogP contribution < -0.4 is 10.1 Å².